The Kier molecular flexibility index (Phi) is 5.54. The van der Waals surface area contributed by atoms with Crippen LogP contribution in [0.4, 0.5) is 4.39 Å². The summed E-state index contributed by atoms with van der Waals surface area (Å²) in [5, 5.41) is 8.85. The van der Waals surface area contributed by atoms with Crippen LogP contribution >= 0.6 is 0 Å². The predicted octanol–water partition coefficient (Wildman–Crippen LogP) is 0.834. The van der Waals surface area contributed by atoms with Gasteiger partial charge in [-0.25, -0.2) is 4.39 Å². The summed E-state index contributed by atoms with van der Waals surface area (Å²) < 4.78 is 11.7. The monoisotopic (exact) mass is 149 g/mol. The highest BCUT2D eigenvalue weighted by Crippen LogP contribution is 2.02. The van der Waals surface area contributed by atoms with Crippen molar-refractivity contribution in [3.05, 3.63) is 0 Å². The molecule has 0 amide bonds. The molecule has 0 radical (unpaired) electrons. The first-order chi connectivity index (χ1) is 4.72. The molecule has 1 unspecified atom stereocenters. The predicted molar refractivity (Wildman–Crippen MR) is 39.5 cm³/mol. The molecular formula is C7H16FNO. The molecule has 0 heterocycles. The molecule has 0 fully saturated rings. The maximum absolute atomic E-state index is 11.7. The molecule has 3 N–H and O–H groups in total. The SMILES string of the molecule is CCCC[C@@H](N)C(O)CF. The van der Waals surface area contributed by atoms with Gasteiger partial charge in [0.1, 0.15) is 6.67 Å². The molecule has 2 nitrogen and oxygen atoms in total. The van der Waals surface area contributed by atoms with Crippen LogP contribution in [0.15, 0.2) is 0 Å². The summed E-state index contributed by atoms with van der Waals surface area (Å²) in [6, 6.07) is -0.384. The molecule has 0 aromatic rings. The second-order valence-electron chi connectivity index (χ2n) is 2.53. The van der Waals surface area contributed by atoms with Crippen LogP contribution in [0.2, 0.25) is 0 Å². The van der Waals surface area contributed by atoms with E-state index in [9.17, 15) is 4.39 Å². The molecule has 0 spiro atoms. The Morgan fingerprint density at radius 2 is 2.20 bits per heavy atom. The van der Waals surface area contributed by atoms with Gasteiger partial charge in [-0.1, -0.05) is 19.8 Å². The number of halogens is 1. The van der Waals surface area contributed by atoms with Crippen LogP contribution in [0, 0.1) is 0 Å². The maximum atomic E-state index is 11.7. The first-order valence-corrected chi connectivity index (χ1v) is 3.72. The van der Waals surface area contributed by atoms with E-state index >= 15 is 0 Å². The topological polar surface area (TPSA) is 46.2 Å². The summed E-state index contributed by atoms with van der Waals surface area (Å²) >= 11 is 0. The quantitative estimate of drug-likeness (QED) is 0.608. The highest BCUT2D eigenvalue weighted by atomic mass is 19.1. The molecule has 0 aromatic heterocycles. The number of unbranched alkanes of at least 4 members (excludes halogenated alkanes) is 1. The molecule has 0 saturated heterocycles. The van der Waals surface area contributed by atoms with Gasteiger partial charge in [-0.05, 0) is 6.42 Å². The largest absolute Gasteiger partial charge is 0.389 e. The Labute approximate surface area is 61.2 Å². The number of aliphatic hydroxyl groups excluding tert-OH is 1. The van der Waals surface area contributed by atoms with E-state index in [1.807, 2.05) is 6.92 Å². The molecule has 0 aliphatic carbocycles. The van der Waals surface area contributed by atoms with E-state index in [1.165, 1.54) is 0 Å². The van der Waals surface area contributed by atoms with Gasteiger partial charge < -0.3 is 10.8 Å². The fraction of sp³-hybridized carbons (Fsp3) is 1.00. The molecule has 2 atom stereocenters. The van der Waals surface area contributed by atoms with Crippen LogP contribution in [-0.2, 0) is 0 Å². The van der Waals surface area contributed by atoms with E-state index in [2.05, 4.69) is 0 Å². The lowest BCUT2D eigenvalue weighted by Crippen LogP contribution is -2.35. The average Bonchev–Trinajstić information content (AvgIpc) is 1.98. The van der Waals surface area contributed by atoms with Crippen molar-refractivity contribution >= 4 is 0 Å². The summed E-state index contributed by atoms with van der Waals surface area (Å²) in [4.78, 5) is 0. The van der Waals surface area contributed by atoms with Crippen molar-refractivity contribution in [3.8, 4) is 0 Å². The summed E-state index contributed by atoms with van der Waals surface area (Å²) in [7, 11) is 0. The van der Waals surface area contributed by atoms with Gasteiger partial charge in [-0.3, -0.25) is 0 Å². The Morgan fingerprint density at radius 1 is 1.60 bits per heavy atom. The van der Waals surface area contributed by atoms with Gasteiger partial charge in [0, 0.05) is 6.04 Å². The molecule has 0 aromatic carbocycles. The van der Waals surface area contributed by atoms with E-state index in [0.717, 1.165) is 12.8 Å². The van der Waals surface area contributed by atoms with Crippen molar-refractivity contribution in [2.24, 2.45) is 5.73 Å². The Balaban J connectivity index is 3.31. The van der Waals surface area contributed by atoms with Crippen molar-refractivity contribution in [2.75, 3.05) is 6.67 Å². The van der Waals surface area contributed by atoms with Gasteiger partial charge in [0.25, 0.3) is 0 Å². The minimum absolute atomic E-state index is 0.384. The molecular weight excluding hydrogens is 133 g/mol. The van der Waals surface area contributed by atoms with E-state index in [1.54, 1.807) is 0 Å². The highest BCUT2D eigenvalue weighted by Gasteiger charge is 2.12. The second-order valence-corrected chi connectivity index (χ2v) is 2.53. The van der Waals surface area contributed by atoms with E-state index < -0.39 is 12.8 Å². The zero-order chi connectivity index (χ0) is 7.98. The van der Waals surface area contributed by atoms with Crippen LogP contribution in [0.1, 0.15) is 26.2 Å². The summed E-state index contributed by atoms with van der Waals surface area (Å²) in [5.74, 6) is 0. The zero-order valence-electron chi connectivity index (χ0n) is 6.39. The number of hydrogen-bond donors (Lipinski definition) is 2. The Morgan fingerprint density at radius 3 is 2.60 bits per heavy atom. The molecule has 62 valence electrons. The Hall–Kier alpha value is -0.150. The average molecular weight is 149 g/mol. The minimum Gasteiger partial charge on any atom is -0.389 e. The fourth-order valence-corrected chi connectivity index (χ4v) is 0.747. The summed E-state index contributed by atoms with van der Waals surface area (Å²) in [6.45, 7) is 1.30. The lowest BCUT2D eigenvalue weighted by molar-refractivity contribution is 0.109. The number of hydrogen-bond acceptors (Lipinski definition) is 2. The first kappa shape index (κ1) is 9.85. The van der Waals surface area contributed by atoms with Crippen LogP contribution in [0.25, 0.3) is 0 Å². The summed E-state index contributed by atoms with van der Waals surface area (Å²) in [5.41, 5.74) is 5.42. The van der Waals surface area contributed by atoms with Gasteiger partial charge in [-0.2, -0.15) is 0 Å². The molecule has 0 rings (SSSR count). The second kappa shape index (κ2) is 5.62. The van der Waals surface area contributed by atoms with Crippen molar-refractivity contribution in [3.63, 3.8) is 0 Å². The molecule has 0 saturated carbocycles. The van der Waals surface area contributed by atoms with Crippen LogP contribution in [0.3, 0.4) is 0 Å². The zero-order valence-corrected chi connectivity index (χ0v) is 6.39. The van der Waals surface area contributed by atoms with Crippen molar-refractivity contribution in [1.29, 1.82) is 0 Å². The minimum atomic E-state index is -0.966. The number of alkyl halides is 1. The smallest absolute Gasteiger partial charge is 0.117 e. The van der Waals surface area contributed by atoms with Crippen LogP contribution in [-0.4, -0.2) is 23.9 Å². The van der Waals surface area contributed by atoms with Gasteiger partial charge in [0.05, 0.1) is 6.10 Å². The highest BCUT2D eigenvalue weighted by molar-refractivity contribution is 4.70. The van der Waals surface area contributed by atoms with Gasteiger partial charge >= 0.3 is 0 Å². The molecule has 3 heteroatoms. The van der Waals surface area contributed by atoms with E-state index in [4.69, 9.17) is 10.8 Å². The third kappa shape index (κ3) is 3.80. The van der Waals surface area contributed by atoms with Crippen LogP contribution in [0.5, 0.6) is 0 Å². The number of rotatable bonds is 5. The van der Waals surface area contributed by atoms with Crippen LogP contribution < -0.4 is 5.73 Å². The van der Waals surface area contributed by atoms with Crippen molar-refractivity contribution in [1.82, 2.24) is 0 Å². The van der Waals surface area contributed by atoms with Gasteiger partial charge in [-0.15, -0.1) is 0 Å². The molecule has 10 heavy (non-hydrogen) atoms. The number of nitrogens with two attached hydrogens (primary N) is 1. The Bertz CT molecular complexity index is 80.0. The standard InChI is InChI=1S/C7H16FNO/c1-2-3-4-6(9)7(10)5-8/h6-7,10H,2-5,9H2,1H3/t6-,7?/m1/s1. The normalized spacial score (nSPS) is 16.8. The van der Waals surface area contributed by atoms with Crippen molar-refractivity contribution < 1.29 is 9.50 Å². The molecule has 0 aliphatic rings. The van der Waals surface area contributed by atoms with E-state index in [-0.39, 0.29) is 6.04 Å². The molecule has 0 aliphatic heterocycles. The molecule has 0 bridgehead atoms. The maximum Gasteiger partial charge on any atom is 0.117 e. The van der Waals surface area contributed by atoms with Crippen molar-refractivity contribution in [2.45, 2.75) is 38.3 Å². The first-order valence-electron chi connectivity index (χ1n) is 3.72. The third-order valence-corrected chi connectivity index (χ3v) is 1.54. The van der Waals surface area contributed by atoms with E-state index in [0.29, 0.717) is 6.42 Å². The van der Waals surface area contributed by atoms with Gasteiger partial charge in [0.2, 0.25) is 0 Å². The fourth-order valence-electron chi connectivity index (χ4n) is 0.747. The third-order valence-electron chi connectivity index (χ3n) is 1.54. The summed E-state index contributed by atoms with van der Waals surface area (Å²) in [6.07, 6.45) is 1.73. The lowest BCUT2D eigenvalue weighted by Gasteiger charge is -2.14. The van der Waals surface area contributed by atoms with Gasteiger partial charge in [0.15, 0.2) is 0 Å². The lowest BCUT2D eigenvalue weighted by atomic mass is 10.1. The number of aliphatic hydroxyl groups is 1.